The predicted octanol–water partition coefficient (Wildman–Crippen LogP) is 0.798. The van der Waals surface area contributed by atoms with Gasteiger partial charge in [-0.25, -0.2) is 0 Å². The van der Waals surface area contributed by atoms with Crippen molar-refractivity contribution in [2.24, 2.45) is 5.92 Å². The fraction of sp³-hybridized carbons (Fsp3) is 0.923. The van der Waals surface area contributed by atoms with Crippen LogP contribution in [-0.2, 0) is 9.53 Å². The van der Waals surface area contributed by atoms with Crippen LogP contribution in [0.2, 0.25) is 0 Å². The molecule has 0 spiro atoms. The van der Waals surface area contributed by atoms with Gasteiger partial charge in [-0.05, 0) is 38.8 Å². The maximum absolute atomic E-state index is 11.1. The first-order valence-electron chi connectivity index (χ1n) is 6.86. The van der Waals surface area contributed by atoms with Gasteiger partial charge in [-0.3, -0.25) is 4.79 Å². The molecule has 5 heteroatoms. The largest absolute Gasteiger partial charge is 0.480 e. The van der Waals surface area contributed by atoms with Crippen LogP contribution in [0.4, 0.5) is 0 Å². The highest BCUT2D eigenvalue weighted by molar-refractivity contribution is 5.73. The molecule has 2 N–H and O–H groups in total. The molecular weight excluding hydrogens is 232 g/mol. The predicted molar refractivity (Wildman–Crippen MR) is 70.8 cm³/mol. The van der Waals surface area contributed by atoms with Crippen LogP contribution in [0.25, 0.3) is 0 Å². The number of nitrogens with zero attached hydrogens (tertiary/aromatic N) is 1. The van der Waals surface area contributed by atoms with Gasteiger partial charge in [-0.2, -0.15) is 0 Å². The maximum atomic E-state index is 11.1. The monoisotopic (exact) mass is 258 g/mol. The molecule has 2 atom stereocenters. The van der Waals surface area contributed by atoms with E-state index in [0.29, 0.717) is 12.5 Å². The third-order valence-electron chi connectivity index (χ3n) is 3.26. The van der Waals surface area contributed by atoms with Crippen molar-refractivity contribution in [3.05, 3.63) is 0 Å². The van der Waals surface area contributed by atoms with E-state index < -0.39 is 12.0 Å². The molecule has 106 valence electrons. The Bertz CT molecular complexity index is 242. The lowest BCUT2D eigenvalue weighted by molar-refractivity contribution is -0.140. The lowest BCUT2D eigenvalue weighted by atomic mass is 10.0. The first-order valence-corrected chi connectivity index (χ1v) is 6.86. The van der Waals surface area contributed by atoms with Gasteiger partial charge in [0.1, 0.15) is 6.04 Å². The summed E-state index contributed by atoms with van der Waals surface area (Å²) >= 11 is 0. The molecular formula is C13H26N2O3. The first-order chi connectivity index (χ1) is 8.63. The molecule has 5 nitrogen and oxygen atoms in total. The number of nitrogens with one attached hydrogen (secondary N) is 1. The zero-order valence-corrected chi connectivity index (χ0v) is 11.5. The normalized spacial score (nSPS) is 22.1. The molecule has 1 rings (SSSR count). The topological polar surface area (TPSA) is 61.8 Å². The molecule has 1 aliphatic rings. The summed E-state index contributed by atoms with van der Waals surface area (Å²) in [5.41, 5.74) is 0. The summed E-state index contributed by atoms with van der Waals surface area (Å²) in [4.78, 5) is 13.2. The molecule has 0 aromatic heterocycles. The molecule has 1 saturated heterocycles. The molecule has 0 bridgehead atoms. The van der Waals surface area contributed by atoms with Crippen molar-refractivity contribution in [2.45, 2.75) is 32.2 Å². The number of carbonyl (C=O) groups is 1. The van der Waals surface area contributed by atoms with Crippen molar-refractivity contribution >= 4 is 5.97 Å². The first kappa shape index (κ1) is 15.4. The molecule has 0 aromatic rings. The van der Waals surface area contributed by atoms with Crippen LogP contribution in [0.5, 0.6) is 0 Å². The van der Waals surface area contributed by atoms with Gasteiger partial charge in [0, 0.05) is 19.7 Å². The van der Waals surface area contributed by atoms with Crippen molar-refractivity contribution in [3.63, 3.8) is 0 Å². The van der Waals surface area contributed by atoms with Crippen LogP contribution in [0.1, 0.15) is 26.2 Å². The molecule has 1 aliphatic heterocycles. The summed E-state index contributed by atoms with van der Waals surface area (Å²) < 4.78 is 5.44. The molecule has 2 unspecified atom stereocenters. The Hall–Kier alpha value is -0.650. The number of aliphatic carboxylic acids is 1. The number of likely N-dealkylation sites (N-methyl/N-ethyl adjacent to an activating group) is 1. The van der Waals surface area contributed by atoms with E-state index in [-0.39, 0.29) is 0 Å². The van der Waals surface area contributed by atoms with E-state index in [1.165, 1.54) is 6.42 Å². The van der Waals surface area contributed by atoms with Crippen LogP contribution >= 0.6 is 0 Å². The Morgan fingerprint density at radius 1 is 1.61 bits per heavy atom. The highest BCUT2D eigenvalue weighted by atomic mass is 16.5. The number of ether oxygens (including phenoxy) is 1. The van der Waals surface area contributed by atoms with Crippen LogP contribution in [0.15, 0.2) is 0 Å². The standard InChI is InChI=1S/C13H26N2O3/c1-3-6-14-12(13(16)17)9-15(2)8-11-5-4-7-18-10-11/h11-12,14H,3-10H2,1-2H3,(H,16,17). The summed E-state index contributed by atoms with van der Waals surface area (Å²) in [5, 5.41) is 12.2. The number of rotatable bonds is 8. The molecule has 18 heavy (non-hydrogen) atoms. The molecule has 1 fully saturated rings. The van der Waals surface area contributed by atoms with Crippen LogP contribution in [0, 0.1) is 5.92 Å². The van der Waals surface area contributed by atoms with Gasteiger partial charge in [0.15, 0.2) is 0 Å². The average molecular weight is 258 g/mol. The number of carboxylic acid groups (broad SMARTS) is 1. The minimum absolute atomic E-state index is 0.473. The molecule has 0 aliphatic carbocycles. The van der Waals surface area contributed by atoms with Crippen LogP contribution in [-0.4, -0.2) is 61.9 Å². The zero-order chi connectivity index (χ0) is 13.4. The fourth-order valence-corrected chi connectivity index (χ4v) is 2.33. The van der Waals surface area contributed by atoms with E-state index in [0.717, 1.165) is 39.1 Å². The van der Waals surface area contributed by atoms with Crippen molar-refractivity contribution in [2.75, 3.05) is 39.9 Å². The number of carboxylic acids is 1. The van der Waals surface area contributed by atoms with Gasteiger partial charge < -0.3 is 20.1 Å². The van der Waals surface area contributed by atoms with Gasteiger partial charge in [0.25, 0.3) is 0 Å². The van der Waals surface area contributed by atoms with Crippen LogP contribution in [0.3, 0.4) is 0 Å². The minimum Gasteiger partial charge on any atom is -0.480 e. The molecule has 0 aromatic carbocycles. The third kappa shape index (κ3) is 5.80. The van der Waals surface area contributed by atoms with E-state index in [9.17, 15) is 4.79 Å². The summed E-state index contributed by atoms with van der Waals surface area (Å²) in [7, 11) is 1.98. The fourth-order valence-electron chi connectivity index (χ4n) is 2.33. The minimum atomic E-state index is -0.768. The van der Waals surface area contributed by atoms with Crippen molar-refractivity contribution in [3.8, 4) is 0 Å². The number of hydrogen-bond donors (Lipinski definition) is 2. The van der Waals surface area contributed by atoms with Gasteiger partial charge in [-0.15, -0.1) is 0 Å². The Morgan fingerprint density at radius 2 is 2.39 bits per heavy atom. The van der Waals surface area contributed by atoms with E-state index in [2.05, 4.69) is 10.2 Å². The summed E-state index contributed by atoms with van der Waals surface area (Å²) in [6, 6.07) is -0.473. The molecule has 0 saturated carbocycles. The van der Waals surface area contributed by atoms with Crippen LogP contribution < -0.4 is 5.32 Å². The lowest BCUT2D eigenvalue weighted by Gasteiger charge is -2.28. The van der Waals surface area contributed by atoms with Gasteiger partial charge in [0.05, 0.1) is 6.61 Å². The van der Waals surface area contributed by atoms with Gasteiger partial charge in [0.2, 0.25) is 0 Å². The summed E-state index contributed by atoms with van der Waals surface area (Å²) in [6.07, 6.45) is 3.25. The molecule has 0 radical (unpaired) electrons. The summed E-state index contributed by atoms with van der Waals surface area (Å²) in [6.45, 7) is 5.93. The second-order valence-electron chi connectivity index (χ2n) is 5.15. The maximum Gasteiger partial charge on any atom is 0.322 e. The second-order valence-corrected chi connectivity index (χ2v) is 5.15. The second kappa shape index (κ2) is 8.45. The molecule has 0 amide bonds. The van der Waals surface area contributed by atoms with E-state index >= 15 is 0 Å². The van der Waals surface area contributed by atoms with Gasteiger partial charge in [-0.1, -0.05) is 6.92 Å². The van der Waals surface area contributed by atoms with E-state index in [1.54, 1.807) is 0 Å². The zero-order valence-electron chi connectivity index (χ0n) is 11.5. The Morgan fingerprint density at radius 3 is 2.94 bits per heavy atom. The van der Waals surface area contributed by atoms with E-state index in [1.807, 2.05) is 14.0 Å². The smallest absolute Gasteiger partial charge is 0.322 e. The van der Waals surface area contributed by atoms with Crippen molar-refractivity contribution in [1.82, 2.24) is 10.2 Å². The Labute approximate surface area is 109 Å². The van der Waals surface area contributed by atoms with Crippen molar-refractivity contribution in [1.29, 1.82) is 0 Å². The Kier molecular flexibility index (Phi) is 7.23. The quantitative estimate of drug-likeness (QED) is 0.674. The highest BCUT2D eigenvalue weighted by Crippen LogP contribution is 2.14. The van der Waals surface area contributed by atoms with E-state index in [4.69, 9.17) is 9.84 Å². The SMILES string of the molecule is CCCNC(CN(C)CC1CCCOC1)C(=O)O. The van der Waals surface area contributed by atoms with Crippen molar-refractivity contribution < 1.29 is 14.6 Å². The molecule has 1 heterocycles. The van der Waals surface area contributed by atoms with Gasteiger partial charge >= 0.3 is 5.97 Å². The number of hydrogen-bond acceptors (Lipinski definition) is 4. The summed E-state index contributed by atoms with van der Waals surface area (Å²) in [5.74, 6) is -0.223. The highest BCUT2D eigenvalue weighted by Gasteiger charge is 2.21. The third-order valence-corrected chi connectivity index (χ3v) is 3.26. The average Bonchev–Trinajstić information content (AvgIpc) is 2.35. The Balaban J connectivity index is 2.30. The lowest BCUT2D eigenvalue weighted by Crippen LogP contribution is -2.46.